The Morgan fingerprint density at radius 2 is 2.21 bits per heavy atom. The van der Waals surface area contributed by atoms with Crippen LogP contribution < -0.4 is 16.0 Å². The fourth-order valence-electron chi connectivity index (χ4n) is 2.96. The normalized spacial score (nSPS) is 16.4. The van der Waals surface area contributed by atoms with Crippen molar-refractivity contribution in [2.75, 3.05) is 23.8 Å². The summed E-state index contributed by atoms with van der Waals surface area (Å²) in [5.41, 5.74) is 7.45. The smallest absolute Gasteiger partial charge is 0.288 e. The highest BCUT2D eigenvalue weighted by Crippen LogP contribution is 2.27. The van der Waals surface area contributed by atoms with E-state index < -0.39 is 10.8 Å². The molecule has 1 atom stereocenters. The standard InChI is InChI=1S/C16H17N5O3/c1-20-9-11(6-10-4-2-3-5-14(10)20)19-16-13(15(17)22)7-12(8-18-16)21(23)24/h2-5,7-8,11H,6,9H2,1H3,(H2,17,22)(H,18,19). The molecule has 0 fully saturated rings. The van der Waals surface area contributed by atoms with Crippen LogP contribution in [0.4, 0.5) is 17.2 Å². The summed E-state index contributed by atoms with van der Waals surface area (Å²) in [6.07, 6.45) is 1.88. The fourth-order valence-corrected chi connectivity index (χ4v) is 2.96. The van der Waals surface area contributed by atoms with Gasteiger partial charge in [0.15, 0.2) is 0 Å². The molecule has 8 nitrogen and oxygen atoms in total. The van der Waals surface area contributed by atoms with Crippen LogP contribution in [0.5, 0.6) is 0 Å². The second-order valence-electron chi connectivity index (χ2n) is 5.77. The molecule has 2 heterocycles. The van der Waals surface area contributed by atoms with E-state index in [-0.39, 0.29) is 23.1 Å². The molecule has 1 aromatic heterocycles. The lowest BCUT2D eigenvalue weighted by molar-refractivity contribution is -0.385. The molecule has 1 amide bonds. The average Bonchev–Trinajstić information content (AvgIpc) is 2.55. The van der Waals surface area contributed by atoms with Gasteiger partial charge in [-0.25, -0.2) is 4.98 Å². The molecule has 0 bridgehead atoms. The number of pyridine rings is 1. The highest BCUT2D eigenvalue weighted by molar-refractivity contribution is 5.98. The summed E-state index contributed by atoms with van der Waals surface area (Å²) in [7, 11) is 1.99. The van der Waals surface area contributed by atoms with Crippen LogP contribution in [0, 0.1) is 10.1 Å². The number of hydrogen-bond donors (Lipinski definition) is 2. The number of aromatic nitrogens is 1. The Morgan fingerprint density at radius 3 is 2.92 bits per heavy atom. The van der Waals surface area contributed by atoms with Crippen molar-refractivity contribution < 1.29 is 9.72 Å². The number of primary amides is 1. The number of carbonyl (C=O) groups is 1. The van der Waals surface area contributed by atoms with Crippen molar-refractivity contribution in [1.29, 1.82) is 0 Å². The quantitative estimate of drug-likeness (QED) is 0.650. The number of nitrogens with two attached hydrogens (primary N) is 1. The fraction of sp³-hybridized carbons (Fsp3) is 0.250. The molecule has 0 spiro atoms. The second kappa shape index (κ2) is 6.15. The van der Waals surface area contributed by atoms with Gasteiger partial charge in [-0.1, -0.05) is 18.2 Å². The van der Waals surface area contributed by atoms with Crippen LogP contribution >= 0.6 is 0 Å². The van der Waals surface area contributed by atoms with E-state index in [4.69, 9.17) is 5.73 Å². The molecule has 1 aromatic carbocycles. The Kier molecular flexibility index (Phi) is 4.03. The van der Waals surface area contributed by atoms with Gasteiger partial charge in [0.1, 0.15) is 12.0 Å². The zero-order valence-corrected chi connectivity index (χ0v) is 13.1. The number of rotatable bonds is 4. The van der Waals surface area contributed by atoms with Crippen LogP contribution in [-0.2, 0) is 6.42 Å². The molecule has 1 aliphatic heterocycles. The van der Waals surface area contributed by atoms with E-state index in [0.29, 0.717) is 6.54 Å². The minimum atomic E-state index is -0.752. The molecule has 1 aliphatic rings. The molecule has 0 saturated heterocycles. The highest BCUT2D eigenvalue weighted by Gasteiger charge is 2.24. The Labute approximate surface area is 138 Å². The molecule has 3 rings (SSSR count). The molecule has 24 heavy (non-hydrogen) atoms. The van der Waals surface area contributed by atoms with Crippen LogP contribution in [0.1, 0.15) is 15.9 Å². The largest absolute Gasteiger partial charge is 0.372 e. The van der Waals surface area contributed by atoms with E-state index in [9.17, 15) is 14.9 Å². The minimum absolute atomic E-state index is 0.0111. The van der Waals surface area contributed by atoms with Crippen molar-refractivity contribution in [3.8, 4) is 0 Å². The van der Waals surface area contributed by atoms with Crippen LogP contribution in [0.3, 0.4) is 0 Å². The first kappa shape index (κ1) is 15.7. The second-order valence-corrected chi connectivity index (χ2v) is 5.77. The van der Waals surface area contributed by atoms with Crippen LogP contribution in [0.2, 0.25) is 0 Å². The van der Waals surface area contributed by atoms with Crippen LogP contribution in [0.15, 0.2) is 36.5 Å². The van der Waals surface area contributed by atoms with Gasteiger partial charge in [-0.3, -0.25) is 14.9 Å². The minimum Gasteiger partial charge on any atom is -0.372 e. The summed E-state index contributed by atoms with van der Waals surface area (Å²) in [6, 6.07) is 9.25. The van der Waals surface area contributed by atoms with E-state index in [1.807, 2.05) is 19.2 Å². The van der Waals surface area contributed by atoms with Crippen LogP contribution in [0.25, 0.3) is 0 Å². The zero-order valence-electron chi connectivity index (χ0n) is 13.1. The number of nitrogens with zero attached hydrogens (tertiary/aromatic N) is 3. The van der Waals surface area contributed by atoms with E-state index >= 15 is 0 Å². The maximum atomic E-state index is 11.6. The number of hydrogen-bond acceptors (Lipinski definition) is 6. The van der Waals surface area contributed by atoms with Gasteiger partial charge in [0, 0.05) is 31.4 Å². The van der Waals surface area contributed by atoms with Crippen molar-refractivity contribution in [3.05, 3.63) is 57.8 Å². The van der Waals surface area contributed by atoms with Gasteiger partial charge < -0.3 is 16.0 Å². The molecule has 2 aromatic rings. The average molecular weight is 327 g/mol. The summed E-state index contributed by atoms with van der Waals surface area (Å²) < 4.78 is 0. The van der Waals surface area contributed by atoms with Gasteiger partial charge in [0.25, 0.3) is 11.6 Å². The van der Waals surface area contributed by atoms with Gasteiger partial charge >= 0.3 is 0 Å². The summed E-state index contributed by atoms with van der Waals surface area (Å²) in [6.45, 7) is 0.716. The molecule has 0 saturated carbocycles. The Hall–Kier alpha value is -3.16. The summed E-state index contributed by atoms with van der Waals surface area (Å²) in [5.74, 6) is -0.482. The van der Waals surface area contributed by atoms with Crippen molar-refractivity contribution in [2.24, 2.45) is 5.73 Å². The number of para-hydroxylation sites is 1. The maximum absolute atomic E-state index is 11.6. The zero-order chi connectivity index (χ0) is 17.3. The van der Waals surface area contributed by atoms with Crippen molar-refractivity contribution in [2.45, 2.75) is 12.5 Å². The van der Waals surface area contributed by atoms with E-state index in [1.54, 1.807) is 0 Å². The molecule has 8 heteroatoms. The number of anilines is 2. The third-order valence-electron chi connectivity index (χ3n) is 4.05. The lowest BCUT2D eigenvalue weighted by Gasteiger charge is -2.34. The number of benzene rings is 1. The number of nitro groups is 1. The Morgan fingerprint density at radius 1 is 1.46 bits per heavy atom. The van der Waals surface area contributed by atoms with Gasteiger partial charge in [0.05, 0.1) is 10.5 Å². The topological polar surface area (TPSA) is 114 Å². The predicted molar refractivity (Wildman–Crippen MR) is 90.2 cm³/mol. The third-order valence-corrected chi connectivity index (χ3v) is 4.05. The first-order chi connectivity index (χ1) is 11.5. The lowest BCUT2D eigenvalue weighted by Crippen LogP contribution is -2.41. The number of likely N-dealkylation sites (N-methyl/N-ethyl adjacent to an activating group) is 1. The molecule has 124 valence electrons. The number of nitrogens with one attached hydrogen (secondary N) is 1. The van der Waals surface area contributed by atoms with Gasteiger partial charge in [-0.2, -0.15) is 0 Å². The lowest BCUT2D eigenvalue weighted by atomic mass is 9.98. The predicted octanol–water partition coefficient (Wildman–Crippen LogP) is 1.56. The Bertz CT molecular complexity index is 808. The molecule has 0 aliphatic carbocycles. The first-order valence-corrected chi connectivity index (χ1v) is 7.45. The molecule has 1 unspecified atom stereocenters. The van der Waals surface area contributed by atoms with Gasteiger partial charge in [-0.15, -0.1) is 0 Å². The Balaban J connectivity index is 1.87. The van der Waals surface area contributed by atoms with Crippen molar-refractivity contribution in [3.63, 3.8) is 0 Å². The monoisotopic (exact) mass is 327 g/mol. The first-order valence-electron chi connectivity index (χ1n) is 7.45. The molecular weight excluding hydrogens is 310 g/mol. The number of carbonyl (C=O) groups excluding carboxylic acids is 1. The van der Waals surface area contributed by atoms with Gasteiger partial charge in [-0.05, 0) is 18.1 Å². The van der Waals surface area contributed by atoms with E-state index in [0.717, 1.165) is 18.7 Å². The number of amides is 1. The summed E-state index contributed by atoms with van der Waals surface area (Å²) in [5, 5.41) is 14.0. The third kappa shape index (κ3) is 2.98. The van der Waals surface area contributed by atoms with Crippen LogP contribution in [-0.4, -0.2) is 35.4 Å². The summed E-state index contributed by atoms with van der Waals surface area (Å²) in [4.78, 5) is 28.0. The SMILES string of the molecule is CN1CC(Nc2ncc([N+](=O)[O-])cc2C(N)=O)Cc2ccccc21. The molecular formula is C16H17N5O3. The summed E-state index contributed by atoms with van der Waals surface area (Å²) >= 11 is 0. The van der Waals surface area contributed by atoms with Crippen molar-refractivity contribution in [1.82, 2.24) is 4.98 Å². The van der Waals surface area contributed by atoms with Crippen molar-refractivity contribution >= 4 is 23.1 Å². The molecule has 0 radical (unpaired) electrons. The van der Waals surface area contributed by atoms with E-state index in [2.05, 4.69) is 27.3 Å². The molecule has 3 N–H and O–H groups in total. The number of fused-ring (bicyclic) bond motifs is 1. The maximum Gasteiger partial charge on any atom is 0.288 e. The van der Waals surface area contributed by atoms with E-state index in [1.165, 1.54) is 11.3 Å². The van der Waals surface area contributed by atoms with Gasteiger partial charge in [0.2, 0.25) is 0 Å². The highest BCUT2D eigenvalue weighted by atomic mass is 16.6.